The molecule has 1 aliphatic carbocycles. The molecule has 2 aromatic carbocycles. The summed E-state index contributed by atoms with van der Waals surface area (Å²) in [5.74, 6) is -1.34. The molecule has 0 unspecified atom stereocenters. The summed E-state index contributed by atoms with van der Waals surface area (Å²) in [4.78, 5) is 25.1. The fourth-order valence-electron chi connectivity index (χ4n) is 3.27. The quantitative estimate of drug-likeness (QED) is 0.567. The minimum atomic E-state index is -0.682. The van der Waals surface area contributed by atoms with Crippen molar-refractivity contribution in [1.82, 2.24) is 0 Å². The minimum Gasteiger partial charge on any atom is -0.506 e. The Labute approximate surface area is 148 Å². The first-order chi connectivity index (χ1) is 11.7. The van der Waals surface area contributed by atoms with Gasteiger partial charge in [-0.3, -0.25) is 9.59 Å². The van der Waals surface area contributed by atoms with Gasteiger partial charge in [0.05, 0.1) is 10.4 Å². The molecule has 4 rings (SSSR count). The fourth-order valence-corrected chi connectivity index (χ4v) is 3.56. The van der Waals surface area contributed by atoms with Crippen LogP contribution in [0.15, 0.2) is 34.3 Å². The van der Waals surface area contributed by atoms with E-state index in [0.29, 0.717) is 32.9 Å². The van der Waals surface area contributed by atoms with Gasteiger partial charge >= 0.3 is 0 Å². The van der Waals surface area contributed by atoms with Crippen LogP contribution in [0.2, 0.25) is 5.02 Å². The van der Waals surface area contributed by atoms with E-state index in [4.69, 9.17) is 16.0 Å². The highest BCUT2D eigenvalue weighted by Crippen LogP contribution is 2.46. The summed E-state index contributed by atoms with van der Waals surface area (Å²) in [5, 5.41) is 12.2. The first kappa shape index (κ1) is 15.9. The Morgan fingerprint density at radius 2 is 1.68 bits per heavy atom. The van der Waals surface area contributed by atoms with E-state index in [2.05, 4.69) is 0 Å². The lowest BCUT2D eigenvalue weighted by atomic mass is 9.78. The lowest BCUT2D eigenvalue weighted by Crippen LogP contribution is -2.27. The lowest BCUT2D eigenvalue weighted by molar-refractivity contribution is -0.112. The predicted molar refractivity (Wildman–Crippen MR) is 97.2 cm³/mol. The standard InChI is InChI=1S/C20H15ClO4/c1-20(2,3)12-8-11-13-14(21)15(22)9-6-4-5-7-10(9)18(13)25-19(11)17(24)16(12)23/h4-8,22H,1-3H3. The molecule has 3 aromatic rings. The van der Waals surface area contributed by atoms with Gasteiger partial charge in [-0.2, -0.15) is 0 Å². The van der Waals surface area contributed by atoms with Crippen molar-refractivity contribution in [2.75, 3.05) is 0 Å². The Morgan fingerprint density at radius 1 is 1.04 bits per heavy atom. The molecule has 25 heavy (non-hydrogen) atoms. The molecule has 0 saturated heterocycles. The van der Waals surface area contributed by atoms with Gasteiger partial charge in [0.25, 0.3) is 5.78 Å². The van der Waals surface area contributed by atoms with Crippen molar-refractivity contribution in [2.24, 2.45) is 5.41 Å². The van der Waals surface area contributed by atoms with Crippen molar-refractivity contribution in [3.63, 3.8) is 0 Å². The number of carbonyl (C=O) groups is 2. The highest BCUT2D eigenvalue weighted by Gasteiger charge is 2.38. The van der Waals surface area contributed by atoms with E-state index >= 15 is 0 Å². The summed E-state index contributed by atoms with van der Waals surface area (Å²) in [6.07, 6.45) is 1.66. The summed E-state index contributed by atoms with van der Waals surface area (Å²) in [5.41, 5.74) is 0.752. The van der Waals surface area contributed by atoms with Crippen molar-refractivity contribution in [1.29, 1.82) is 0 Å². The second-order valence-electron chi connectivity index (χ2n) is 7.22. The molecule has 0 fully saturated rings. The Balaban J connectivity index is 2.21. The third kappa shape index (κ3) is 2.07. The normalized spacial score (nSPS) is 15.0. The van der Waals surface area contributed by atoms with Crippen LogP contribution in [0.4, 0.5) is 0 Å². The van der Waals surface area contributed by atoms with E-state index in [1.165, 1.54) is 0 Å². The summed E-state index contributed by atoms with van der Waals surface area (Å²) >= 11 is 6.39. The SMILES string of the molecule is CC(C)(C)C1=Cc2c(oc3c2c(Cl)c(O)c2ccccc23)C(=O)C1=O. The van der Waals surface area contributed by atoms with Crippen LogP contribution in [-0.2, 0) is 4.79 Å². The zero-order valence-electron chi connectivity index (χ0n) is 13.9. The largest absolute Gasteiger partial charge is 0.506 e. The average Bonchev–Trinajstić information content (AvgIpc) is 2.95. The van der Waals surface area contributed by atoms with Crippen LogP contribution in [-0.4, -0.2) is 16.7 Å². The zero-order valence-corrected chi connectivity index (χ0v) is 14.7. The highest BCUT2D eigenvalue weighted by molar-refractivity contribution is 6.52. The van der Waals surface area contributed by atoms with Crippen molar-refractivity contribution in [3.8, 4) is 5.75 Å². The summed E-state index contributed by atoms with van der Waals surface area (Å²) < 4.78 is 5.77. The monoisotopic (exact) mass is 354 g/mol. The summed E-state index contributed by atoms with van der Waals surface area (Å²) in [6.45, 7) is 5.60. The van der Waals surface area contributed by atoms with Gasteiger partial charge in [0.2, 0.25) is 5.78 Å². The van der Waals surface area contributed by atoms with E-state index in [0.717, 1.165) is 0 Å². The van der Waals surface area contributed by atoms with Gasteiger partial charge in [-0.1, -0.05) is 56.6 Å². The van der Waals surface area contributed by atoms with Crippen molar-refractivity contribution in [2.45, 2.75) is 20.8 Å². The van der Waals surface area contributed by atoms with E-state index in [1.54, 1.807) is 30.3 Å². The molecule has 1 heterocycles. The van der Waals surface area contributed by atoms with Gasteiger partial charge in [0.15, 0.2) is 5.76 Å². The van der Waals surface area contributed by atoms with Gasteiger partial charge in [-0.05, 0) is 11.5 Å². The second kappa shape index (κ2) is 4.96. The van der Waals surface area contributed by atoms with Crippen LogP contribution in [0.3, 0.4) is 0 Å². The molecule has 0 saturated carbocycles. The second-order valence-corrected chi connectivity index (χ2v) is 7.60. The number of halogens is 1. The Hall–Kier alpha value is -2.59. The smallest absolute Gasteiger partial charge is 0.268 e. The van der Waals surface area contributed by atoms with Crippen LogP contribution in [0.5, 0.6) is 5.75 Å². The first-order valence-corrected chi connectivity index (χ1v) is 8.26. The van der Waals surface area contributed by atoms with E-state index in [9.17, 15) is 14.7 Å². The van der Waals surface area contributed by atoms with Crippen molar-refractivity contribution < 1.29 is 19.1 Å². The number of fused-ring (bicyclic) bond motifs is 5. The van der Waals surface area contributed by atoms with Gasteiger partial charge < -0.3 is 9.52 Å². The maximum absolute atomic E-state index is 12.6. The molecule has 1 N–H and O–H groups in total. The van der Waals surface area contributed by atoms with Crippen LogP contribution in [0.1, 0.15) is 36.9 Å². The van der Waals surface area contributed by atoms with Crippen LogP contribution in [0, 0.1) is 5.41 Å². The molecule has 1 aromatic heterocycles. The predicted octanol–water partition coefficient (Wildman–Crippen LogP) is 5.14. The summed E-state index contributed by atoms with van der Waals surface area (Å²) in [6, 6.07) is 7.09. The third-order valence-electron chi connectivity index (χ3n) is 4.55. The zero-order chi connectivity index (χ0) is 18.1. The molecule has 0 aliphatic heterocycles. The van der Waals surface area contributed by atoms with E-state index < -0.39 is 17.0 Å². The van der Waals surface area contributed by atoms with E-state index in [1.807, 2.05) is 20.8 Å². The van der Waals surface area contributed by atoms with Crippen LogP contribution in [0.25, 0.3) is 27.8 Å². The number of ketones is 2. The molecule has 126 valence electrons. The number of Topliss-reactive ketones (excluding diaryl/α,β-unsaturated/α-hetero) is 2. The maximum atomic E-state index is 12.6. The maximum Gasteiger partial charge on any atom is 0.268 e. The lowest BCUT2D eigenvalue weighted by Gasteiger charge is -2.23. The molecule has 0 spiro atoms. The fraction of sp³-hybridized carbons (Fsp3) is 0.200. The van der Waals surface area contributed by atoms with Gasteiger partial charge in [-0.25, -0.2) is 0 Å². The number of allylic oxidation sites excluding steroid dienone is 1. The van der Waals surface area contributed by atoms with Crippen molar-refractivity contribution in [3.05, 3.63) is 46.2 Å². The molecule has 0 bridgehead atoms. The molecular weight excluding hydrogens is 340 g/mol. The van der Waals surface area contributed by atoms with Gasteiger partial charge in [-0.15, -0.1) is 0 Å². The molecule has 5 heteroatoms. The van der Waals surface area contributed by atoms with Crippen molar-refractivity contribution >= 4 is 51.0 Å². The number of hydrogen-bond acceptors (Lipinski definition) is 4. The number of phenolic OH excluding ortho intramolecular Hbond substituents is 1. The number of furan rings is 1. The number of benzene rings is 2. The molecule has 1 aliphatic rings. The van der Waals surface area contributed by atoms with Gasteiger partial charge in [0.1, 0.15) is 11.3 Å². The number of phenols is 1. The van der Waals surface area contributed by atoms with Gasteiger partial charge in [0, 0.05) is 21.9 Å². The highest BCUT2D eigenvalue weighted by atomic mass is 35.5. The molecule has 4 nitrogen and oxygen atoms in total. The Kier molecular flexibility index (Phi) is 3.16. The topological polar surface area (TPSA) is 67.5 Å². The first-order valence-electron chi connectivity index (χ1n) is 7.88. The number of carbonyl (C=O) groups excluding carboxylic acids is 2. The number of aromatic hydroxyl groups is 1. The third-order valence-corrected chi connectivity index (χ3v) is 4.92. The number of rotatable bonds is 0. The Morgan fingerprint density at radius 3 is 2.32 bits per heavy atom. The van der Waals surface area contributed by atoms with Crippen LogP contribution >= 0.6 is 11.6 Å². The molecule has 0 atom stereocenters. The number of hydrogen-bond donors (Lipinski definition) is 1. The Bertz CT molecular complexity index is 1130. The summed E-state index contributed by atoms with van der Waals surface area (Å²) in [7, 11) is 0. The van der Waals surface area contributed by atoms with E-state index in [-0.39, 0.29) is 16.5 Å². The minimum absolute atomic E-state index is 0.0225. The molecule has 0 radical (unpaired) electrons. The van der Waals surface area contributed by atoms with Crippen LogP contribution < -0.4 is 0 Å². The average molecular weight is 355 g/mol. The molecular formula is C20H15ClO4. The molecule has 0 amide bonds.